The molecule has 0 unspecified atom stereocenters. The molecule has 0 aromatic heterocycles. The smallest absolute Gasteiger partial charge is 0.344 e. The van der Waals surface area contributed by atoms with Gasteiger partial charge in [0.25, 0.3) is 11.8 Å². The van der Waals surface area contributed by atoms with E-state index in [1.54, 1.807) is 12.1 Å². The van der Waals surface area contributed by atoms with Gasteiger partial charge in [-0.15, -0.1) is 0 Å². The Labute approximate surface area is 140 Å². The van der Waals surface area contributed by atoms with Crippen LogP contribution in [-0.2, 0) is 9.59 Å². The molecule has 1 aromatic rings. The van der Waals surface area contributed by atoms with E-state index in [-0.39, 0.29) is 12.5 Å². The Morgan fingerprint density at radius 2 is 1.88 bits per heavy atom. The molecule has 1 spiro atoms. The van der Waals surface area contributed by atoms with E-state index in [9.17, 15) is 14.4 Å². The third-order valence-corrected chi connectivity index (χ3v) is 4.50. The summed E-state index contributed by atoms with van der Waals surface area (Å²) in [5.74, 6) is -0.375. The quantitative estimate of drug-likeness (QED) is 0.822. The Morgan fingerprint density at radius 1 is 1.21 bits per heavy atom. The highest BCUT2D eigenvalue weighted by Gasteiger charge is 2.52. The summed E-state index contributed by atoms with van der Waals surface area (Å²) in [4.78, 5) is 36.6. The molecule has 24 heavy (non-hydrogen) atoms. The van der Waals surface area contributed by atoms with Crippen LogP contribution in [-0.4, -0.2) is 35.0 Å². The molecule has 1 aliphatic heterocycles. The van der Waals surface area contributed by atoms with Gasteiger partial charge in [0.15, 0.2) is 6.61 Å². The van der Waals surface area contributed by atoms with Gasteiger partial charge in [-0.05, 0) is 31.9 Å². The predicted molar refractivity (Wildman–Crippen MR) is 86.0 cm³/mol. The standard InChI is InChI=1S/C17H21N3O4/c1-12-5-7-13(8-6-12)24-11-14(21)19-20-15(22)17(18-16(20)23)9-3-2-4-10-17/h5-8H,2-4,9-11H2,1H3,(H,18,23)(H,19,21). The number of aryl methyl sites for hydroxylation is 1. The van der Waals surface area contributed by atoms with Crippen LogP contribution in [0.3, 0.4) is 0 Å². The SMILES string of the molecule is Cc1ccc(OCC(=O)NN2C(=O)NC3(CCCCC3)C2=O)cc1. The summed E-state index contributed by atoms with van der Waals surface area (Å²) >= 11 is 0. The molecular formula is C17H21N3O4. The Kier molecular flexibility index (Phi) is 4.42. The maximum atomic E-state index is 12.5. The van der Waals surface area contributed by atoms with Crippen LogP contribution in [0.2, 0.25) is 0 Å². The minimum absolute atomic E-state index is 0.271. The predicted octanol–water partition coefficient (Wildman–Crippen LogP) is 1.66. The monoisotopic (exact) mass is 331 g/mol. The second-order valence-corrected chi connectivity index (χ2v) is 6.35. The maximum absolute atomic E-state index is 12.5. The van der Waals surface area contributed by atoms with Crippen LogP contribution in [0.25, 0.3) is 0 Å². The van der Waals surface area contributed by atoms with Crippen molar-refractivity contribution in [3.8, 4) is 5.75 Å². The Morgan fingerprint density at radius 3 is 2.54 bits per heavy atom. The van der Waals surface area contributed by atoms with Crippen LogP contribution in [0.1, 0.15) is 37.7 Å². The lowest BCUT2D eigenvalue weighted by Gasteiger charge is -2.30. The van der Waals surface area contributed by atoms with Gasteiger partial charge in [0.05, 0.1) is 0 Å². The molecule has 1 saturated heterocycles. The van der Waals surface area contributed by atoms with E-state index in [2.05, 4.69) is 10.7 Å². The highest BCUT2D eigenvalue weighted by molar-refractivity contribution is 6.08. The van der Waals surface area contributed by atoms with E-state index in [0.29, 0.717) is 18.6 Å². The number of amides is 4. The molecule has 1 aromatic carbocycles. The normalized spacial score (nSPS) is 19.3. The highest BCUT2D eigenvalue weighted by atomic mass is 16.5. The molecular weight excluding hydrogens is 310 g/mol. The summed E-state index contributed by atoms with van der Waals surface area (Å²) in [6.07, 6.45) is 4.07. The molecule has 1 aliphatic carbocycles. The average Bonchev–Trinajstić information content (AvgIpc) is 2.79. The van der Waals surface area contributed by atoms with Gasteiger partial charge in [-0.2, -0.15) is 5.01 Å². The average molecular weight is 331 g/mol. The van der Waals surface area contributed by atoms with Crippen LogP contribution >= 0.6 is 0 Å². The largest absolute Gasteiger partial charge is 0.484 e. The Bertz CT molecular complexity index is 650. The number of rotatable bonds is 4. The third kappa shape index (κ3) is 3.20. The zero-order valence-corrected chi connectivity index (χ0v) is 13.6. The Balaban J connectivity index is 1.56. The fourth-order valence-corrected chi connectivity index (χ4v) is 3.16. The van der Waals surface area contributed by atoms with Crippen LogP contribution in [0.5, 0.6) is 5.75 Å². The molecule has 4 amide bonds. The van der Waals surface area contributed by atoms with Gasteiger partial charge in [-0.25, -0.2) is 4.79 Å². The summed E-state index contributed by atoms with van der Waals surface area (Å²) in [5, 5.41) is 3.52. The second kappa shape index (κ2) is 6.51. The van der Waals surface area contributed by atoms with Crippen molar-refractivity contribution in [3.63, 3.8) is 0 Å². The number of carbonyl (C=O) groups excluding carboxylic acids is 3. The third-order valence-electron chi connectivity index (χ3n) is 4.50. The van der Waals surface area contributed by atoms with Crippen LogP contribution in [0.4, 0.5) is 4.79 Å². The van der Waals surface area contributed by atoms with E-state index in [1.165, 1.54) is 0 Å². The number of hydrazine groups is 1. The summed E-state index contributed by atoms with van der Waals surface area (Å²) < 4.78 is 5.36. The molecule has 2 fully saturated rings. The van der Waals surface area contributed by atoms with E-state index in [0.717, 1.165) is 29.8 Å². The summed E-state index contributed by atoms with van der Waals surface area (Å²) in [6, 6.07) is 6.68. The van der Waals surface area contributed by atoms with E-state index < -0.39 is 17.5 Å². The molecule has 0 bridgehead atoms. The number of urea groups is 1. The first-order valence-corrected chi connectivity index (χ1v) is 8.16. The number of carbonyl (C=O) groups is 3. The lowest BCUT2D eigenvalue weighted by molar-refractivity contribution is -0.140. The molecule has 0 radical (unpaired) electrons. The number of imide groups is 1. The van der Waals surface area contributed by atoms with Crippen molar-refractivity contribution in [1.29, 1.82) is 0 Å². The van der Waals surface area contributed by atoms with E-state index >= 15 is 0 Å². The van der Waals surface area contributed by atoms with Crippen molar-refractivity contribution in [1.82, 2.24) is 15.8 Å². The minimum Gasteiger partial charge on any atom is -0.484 e. The number of benzene rings is 1. The molecule has 1 saturated carbocycles. The molecule has 128 valence electrons. The molecule has 0 atom stereocenters. The van der Waals surface area contributed by atoms with Crippen LogP contribution < -0.4 is 15.5 Å². The summed E-state index contributed by atoms with van der Waals surface area (Å²) in [7, 11) is 0. The summed E-state index contributed by atoms with van der Waals surface area (Å²) in [6.45, 7) is 1.68. The number of hydrogen-bond acceptors (Lipinski definition) is 4. The van der Waals surface area contributed by atoms with E-state index in [4.69, 9.17) is 4.74 Å². The van der Waals surface area contributed by atoms with Crippen molar-refractivity contribution in [3.05, 3.63) is 29.8 Å². The van der Waals surface area contributed by atoms with Crippen LogP contribution in [0.15, 0.2) is 24.3 Å². The fraction of sp³-hybridized carbons (Fsp3) is 0.471. The van der Waals surface area contributed by atoms with Crippen molar-refractivity contribution < 1.29 is 19.1 Å². The first-order chi connectivity index (χ1) is 11.5. The van der Waals surface area contributed by atoms with Gasteiger partial charge in [0.1, 0.15) is 11.3 Å². The zero-order chi connectivity index (χ0) is 17.2. The Hall–Kier alpha value is -2.57. The second-order valence-electron chi connectivity index (χ2n) is 6.35. The lowest BCUT2D eigenvalue weighted by Crippen LogP contribution is -2.51. The number of ether oxygens (including phenoxy) is 1. The van der Waals surface area contributed by atoms with Gasteiger partial charge in [0.2, 0.25) is 0 Å². The molecule has 1 heterocycles. The lowest BCUT2D eigenvalue weighted by atomic mass is 9.82. The van der Waals surface area contributed by atoms with Crippen molar-refractivity contribution in [2.75, 3.05) is 6.61 Å². The fourth-order valence-electron chi connectivity index (χ4n) is 3.16. The maximum Gasteiger partial charge on any atom is 0.344 e. The highest BCUT2D eigenvalue weighted by Crippen LogP contribution is 2.32. The van der Waals surface area contributed by atoms with Crippen molar-refractivity contribution >= 4 is 17.8 Å². The topological polar surface area (TPSA) is 87.7 Å². The first kappa shape index (κ1) is 16.3. The van der Waals surface area contributed by atoms with Crippen LogP contribution in [0, 0.1) is 6.92 Å². The molecule has 2 N–H and O–H groups in total. The number of nitrogens with zero attached hydrogens (tertiary/aromatic N) is 1. The molecule has 7 nitrogen and oxygen atoms in total. The van der Waals surface area contributed by atoms with Gasteiger partial charge >= 0.3 is 6.03 Å². The number of hydrogen-bond donors (Lipinski definition) is 2. The van der Waals surface area contributed by atoms with Gasteiger partial charge in [-0.3, -0.25) is 15.0 Å². The van der Waals surface area contributed by atoms with Gasteiger partial charge < -0.3 is 10.1 Å². The number of nitrogens with one attached hydrogen (secondary N) is 2. The first-order valence-electron chi connectivity index (χ1n) is 8.16. The molecule has 2 aliphatic rings. The molecule has 7 heteroatoms. The van der Waals surface area contributed by atoms with Crippen molar-refractivity contribution in [2.45, 2.75) is 44.6 Å². The molecule has 3 rings (SSSR count). The van der Waals surface area contributed by atoms with E-state index in [1.807, 2.05) is 19.1 Å². The minimum atomic E-state index is -0.847. The van der Waals surface area contributed by atoms with Crippen molar-refractivity contribution in [2.24, 2.45) is 0 Å². The van der Waals surface area contributed by atoms with Gasteiger partial charge in [0, 0.05) is 0 Å². The summed E-state index contributed by atoms with van der Waals surface area (Å²) in [5.41, 5.74) is 2.58. The van der Waals surface area contributed by atoms with Gasteiger partial charge in [-0.1, -0.05) is 37.0 Å². The zero-order valence-electron chi connectivity index (χ0n) is 13.6.